The third-order valence-electron chi connectivity index (χ3n) is 2.89. The molecule has 1 aromatic heterocycles. The van der Waals surface area contributed by atoms with E-state index in [2.05, 4.69) is 16.4 Å². The monoisotopic (exact) mass is 261 g/mol. The first kappa shape index (κ1) is 12.9. The molecular weight excluding hydrogens is 246 g/mol. The van der Waals surface area contributed by atoms with Gasteiger partial charge in [-0.25, -0.2) is 0 Å². The van der Waals surface area contributed by atoms with Crippen molar-refractivity contribution in [3.63, 3.8) is 0 Å². The Balaban J connectivity index is 2.09. The smallest absolute Gasteiger partial charge is 0.0705 e. The summed E-state index contributed by atoms with van der Waals surface area (Å²) in [5, 5.41) is 14.0. The number of halogens is 1. The second kappa shape index (κ2) is 5.01. The molecule has 0 aliphatic rings. The van der Waals surface area contributed by atoms with Crippen LogP contribution in [0.25, 0.3) is 10.9 Å². The van der Waals surface area contributed by atoms with Gasteiger partial charge in [0.15, 0.2) is 0 Å². The normalized spacial score (nSPS) is 11.7. The topological polar surface area (TPSA) is 51.6 Å². The third kappa shape index (κ3) is 2.66. The van der Waals surface area contributed by atoms with E-state index in [4.69, 9.17) is 16.9 Å². The van der Waals surface area contributed by atoms with Gasteiger partial charge in [0.25, 0.3) is 0 Å². The molecule has 94 valence electrons. The number of nitriles is 1. The Bertz CT molecular complexity index is 593. The SMILES string of the molecule is CC(C)(C#N)CNCc1[nH]c2ccccc2c1Cl. The molecule has 0 radical (unpaired) electrons. The summed E-state index contributed by atoms with van der Waals surface area (Å²) in [6.45, 7) is 5.09. The molecule has 3 nitrogen and oxygen atoms in total. The van der Waals surface area contributed by atoms with E-state index in [-0.39, 0.29) is 5.41 Å². The molecule has 0 saturated carbocycles. The molecule has 0 atom stereocenters. The summed E-state index contributed by atoms with van der Waals surface area (Å²) in [6, 6.07) is 10.2. The van der Waals surface area contributed by atoms with E-state index in [9.17, 15) is 0 Å². The largest absolute Gasteiger partial charge is 0.356 e. The van der Waals surface area contributed by atoms with Crippen molar-refractivity contribution < 1.29 is 0 Å². The van der Waals surface area contributed by atoms with Gasteiger partial charge in [-0.15, -0.1) is 0 Å². The summed E-state index contributed by atoms with van der Waals surface area (Å²) >= 11 is 6.30. The molecule has 18 heavy (non-hydrogen) atoms. The number of nitrogens with zero attached hydrogens (tertiary/aromatic N) is 1. The molecule has 0 bridgehead atoms. The summed E-state index contributed by atoms with van der Waals surface area (Å²) in [5.74, 6) is 0. The van der Waals surface area contributed by atoms with Crippen molar-refractivity contribution in [2.24, 2.45) is 5.41 Å². The van der Waals surface area contributed by atoms with Crippen LogP contribution in [0.15, 0.2) is 24.3 Å². The van der Waals surface area contributed by atoms with Crippen molar-refractivity contribution in [1.82, 2.24) is 10.3 Å². The average Bonchev–Trinajstić information content (AvgIpc) is 2.67. The second-order valence-corrected chi connectivity index (χ2v) is 5.44. The zero-order chi connectivity index (χ0) is 13.2. The van der Waals surface area contributed by atoms with E-state index in [0.717, 1.165) is 21.6 Å². The fourth-order valence-corrected chi connectivity index (χ4v) is 2.10. The minimum atomic E-state index is -0.363. The predicted octanol–water partition coefficient (Wildman–Crippen LogP) is 3.46. The lowest BCUT2D eigenvalue weighted by Crippen LogP contribution is -2.27. The van der Waals surface area contributed by atoms with Gasteiger partial charge in [0.05, 0.1) is 16.5 Å². The van der Waals surface area contributed by atoms with E-state index in [0.29, 0.717) is 13.1 Å². The highest BCUT2D eigenvalue weighted by Crippen LogP contribution is 2.27. The molecule has 0 unspecified atom stereocenters. The second-order valence-electron chi connectivity index (χ2n) is 5.06. The number of aromatic nitrogens is 1. The first-order valence-corrected chi connectivity index (χ1v) is 6.28. The van der Waals surface area contributed by atoms with Gasteiger partial charge in [0, 0.05) is 29.7 Å². The lowest BCUT2D eigenvalue weighted by atomic mass is 9.96. The van der Waals surface area contributed by atoms with Gasteiger partial charge in [-0.3, -0.25) is 0 Å². The highest BCUT2D eigenvalue weighted by Gasteiger charge is 2.16. The number of rotatable bonds is 4. The lowest BCUT2D eigenvalue weighted by Gasteiger charge is -2.15. The van der Waals surface area contributed by atoms with E-state index in [1.165, 1.54) is 0 Å². The van der Waals surface area contributed by atoms with Crippen LogP contribution in [0.3, 0.4) is 0 Å². The third-order valence-corrected chi connectivity index (χ3v) is 3.32. The Kier molecular flexibility index (Phi) is 3.60. The van der Waals surface area contributed by atoms with Crippen molar-refractivity contribution >= 4 is 22.5 Å². The average molecular weight is 262 g/mol. The standard InChI is InChI=1S/C14H16ClN3/c1-14(2,8-16)9-17-7-12-13(15)10-5-3-4-6-11(10)18-12/h3-6,17-18H,7,9H2,1-2H3. The quantitative estimate of drug-likeness (QED) is 0.886. The van der Waals surface area contributed by atoms with E-state index < -0.39 is 0 Å². The Labute approximate surface area is 112 Å². The molecule has 0 spiro atoms. The summed E-state index contributed by atoms with van der Waals surface area (Å²) in [4.78, 5) is 3.29. The number of fused-ring (bicyclic) bond motifs is 1. The van der Waals surface area contributed by atoms with Crippen molar-refractivity contribution in [2.45, 2.75) is 20.4 Å². The number of benzene rings is 1. The molecule has 0 amide bonds. The van der Waals surface area contributed by atoms with Crippen LogP contribution in [0.2, 0.25) is 5.02 Å². The maximum absolute atomic E-state index is 8.94. The van der Waals surface area contributed by atoms with Crippen LogP contribution in [-0.2, 0) is 6.54 Å². The van der Waals surface area contributed by atoms with Gasteiger partial charge in [-0.05, 0) is 19.9 Å². The molecule has 2 aromatic rings. The maximum Gasteiger partial charge on any atom is 0.0705 e. The van der Waals surface area contributed by atoms with Crippen molar-refractivity contribution in [2.75, 3.05) is 6.54 Å². The van der Waals surface area contributed by atoms with Gasteiger partial charge in [-0.1, -0.05) is 29.8 Å². The first-order chi connectivity index (χ1) is 8.53. The van der Waals surface area contributed by atoms with Crippen LogP contribution in [0, 0.1) is 16.7 Å². The van der Waals surface area contributed by atoms with Crippen molar-refractivity contribution in [3.8, 4) is 6.07 Å². The Morgan fingerprint density at radius 3 is 2.78 bits per heavy atom. The number of hydrogen-bond acceptors (Lipinski definition) is 2. The summed E-state index contributed by atoms with van der Waals surface area (Å²) in [6.07, 6.45) is 0. The molecule has 2 rings (SSSR count). The molecule has 0 aliphatic heterocycles. The van der Waals surface area contributed by atoms with Gasteiger partial charge in [-0.2, -0.15) is 5.26 Å². The minimum Gasteiger partial charge on any atom is -0.356 e. The van der Waals surface area contributed by atoms with E-state index in [1.54, 1.807) is 0 Å². The fourth-order valence-electron chi connectivity index (χ4n) is 1.82. The molecule has 4 heteroatoms. The minimum absolute atomic E-state index is 0.363. The lowest BCUT2D eigenvalue weighted by molar-refractivity contribution is 0.444. The van der Waals surface area contributed by atoms with Crippen LogP contribution in [-0.4, -0.2) is 11.5 Å². The highest BCUT2D eigenvalue weighted by molar-refractivity contribution is 6.36. The molecule has 2 N–H and O–H groups in total. The van der Waals surface area contributed by atoms with E-state index >= 15 is 0 Å². The number of para-hydroxylation sites is 1. The summed E-state index contributed by atoms with van der Waals surface area (Å²) in [7, 11) is 0. The molecule has 1 heterocycles. The summed E-state index contributed by atoms with van der Waals surface area (Å²) < 4.78 is 0. The zero-order valence-electron chi connectivity index (χ0n) is 10.5. The van der Waals surface area contributed by atoms with Crippen LogP contribution < -0.4 is 5.32 Å². The van der Waals surface area contributed by atoms with Gasteiger partial charge in [0.1, 0.15) is 0 Å². The van der Waals surface area contributed by atoms with Gasteiger partial charge in [0.2, 0.25) is 0 Å². The molecular formula is C14H16ClN3. The highest BCUT2D eigenvalue weighted by atomic mass is 35.5. The summed E-state index contributed by atoms with van der Waals surface area (Å²) in [5.41, 5.74) is 1.64. The Morgan fingerprint density at radius 2 is 2.11 bits per heavy atom. The van der Waals surface area contributed by atoms with Crippen LogP contribution in [0.5, 0.6) is 0 Å². The molecule has 1 aromatic carbocycles. The van der Waals surface area contributed by atoms with Crippen LogP contribution in [0.1, 0.15) is 19.5 Å². The predicted molar refractivity (Wildman–Crippen MR) is 74.4 cm³/mol. The number of aromatic amines is 1. The number of H-pyrrole nitrogens is 1. The molecule has 0 aliphatic carbocycles. The zero-order valence-corrected chi connectivity index (χ0v) is 11.3. The number of hydrogen-bond donors (Lipinski definition) is 2. The molecule has 0 fully saturated rings. The Hall–Kier alpha value is -1.50. The van der Waals surface area contributed by atoms with Gasteiger partial charge >= 0.3 is 0 Å². The number of nitrogens with one attached hydrogen (secondary N) is 2. The first-order valence-electron chi connectivity index (χ1n) is 5.90. The fraction of sp³-hybridized carbons (Fsp3) is 0.357. The van der Waals surface area contributed by atoms with Gasteiger partial charge < -0.3 is 10.3 Å². The van der Waals surface area contributed by atoms with Crippen molar-refractivity contribution in [3.05, 3.63) is 35.0 Å². The molecule has 0 saturated heterocycles. The van der Waals surface area contributed by atoms with Crippen molar-refractivity contribution in [1.29, 1.82) is 5.26 Å². The maximum atomic E-state index is 8.94. The Morgan fingerprint density at radius 1 is 1.39 bits per heavy atom. The van der Waals surface area contributed by atoms with Crippen LogP contribution >= 0.6 is 11.6 Å². The van der Waals surface area contributed by atoms with E-state index in [1.807, 2.05) is 38.1 Å². The van der Waals surface area contributed by atoms with Crippen LogP contribution in [0.4, 0.5) is 0 Å².